The number of aromatic nitrogens is 2. The summed E-state index contributed by atoms with van der Waals surface area (Å²) in [4.78, 5) is 44.8. The summed E-state index contributed by atoms with van der Waals surface area (Å²) in [5.41, 5.74) is 1.22. The summed E-state index contributed by atoms with van der Waals surface area (Å²) in [5.74, 6) is 0.0643. The number of thiophene rings is 1. The molecule has 2 aliphatic heterocycles. The van der Waals surface area contributed by atoms with Crippen LogP contribution in [0.3, 0.4) is 0 Å². The molecule has 0 bridgehead atoms. The minimum absolute atomic E-state index is 0.0613. The molecule has 1 N–H and O–H groups in total. The summed E-state index contributed by atoms with van der Waals surface area (Å²) in [6.45, 7) is 2.45. The van der Waals surface area contributed by atoms with Crippen LogP contribution < -0.4 is 11.2 Å². The Labute approximate surface area is 170 Å². The molecular weight excluding hydrogens is 390 g/mol. The normalized spacial score (nSPS) is 18.9. The Bertz CT molecular complexity index is 1190. The van der Waals surface area contributed by atoms with Crippen LogP contribution in [-0.2, 0) is 29.0 Å². The molecule has 150 valence electrons. The van der Waals surface area contributed by atoms with Crippen molar-refractivity contribution in [3.63, 3.8) is 0 Å². The zero-order valence-corrected chi connectivity index (χ0v) is 16.7. The van der Waals surface area contributed by atoms with Gasteiger partial charge in [-0.15, -0.1) is 11.3 Å². The molecule has 4 heterocycles. The SMILES string of the molecule is O=C(C1CCOC1)N1CCc2c(sc3[nH]c(=O)n(Cc4ccccc4)c(=O)c23)C1. The number of amides is 1. The Morgan fingerprint density at radius 2 is 2.07 bits per heavy atom. The summed E-state index contributed by atoms with van der Waals surface area (Å²) in [7, 11) is 0. The molecule has 2 aliphatic rings. The van der Waals surface area contributed by atoms with Crippen molar-refractivity contribution in [1.29, 1.82) is 0 Å². The van der Waals surface area contributed by atoms with Gasteiger partial charge in [0.15, 0.2) is 0 Å². The number of fused-ring (bicyclic) bond motifs is 3. The summed E-state index contributed by atoms with van der Waals surface area (Å²) < 4.78 is 6.61. The second-order valence-electron chi connectivity index (χ2n) is 7.59. The molecule has 29 heavy (non-hydrogen) atoms. The molecule has 1 unspecified atom stereocenters. The third kappa shape index (κ3) is 3.22. The van der Waals surface area contributed by atoms with Crippen LogP contribution in [0.5, 0.6) is 0 Å². The predicted octanol–water partition coefficient (Wildman–Crippen LogP) is 1.72. The number of benzene rings is 1. The summed E-state index contributed by atoms with van der Waals surface area (Å²) >= 11 is 1.41. The van der Waals surface area contributed by atoms with Crippen LogP contribution in [0.4, 0.5) is 0 Å². The average Bonchev–Trinajstić information content (AvgIpc) is 3.38. The lowest BCUT2D eigenvalue weighted by atomic mass is 10.0. The first-order valence-corrected chi connectivity index (χ1v) is 10.6. The van der Waals surface area contributed by atoms with Gasteiger partial charge in [-0.05, 0) is 24.0 Å². The maximum atomic E-state index is 13.2. The van der Waals surface area contributed by atoms with Gasteiger partial charge in [0.2, 0.25) is 5.91 Å². The minimum atomic E-state index is -0.402. The van der Waals surface area contributed by atoms with Crippen LogP contribution >= 0.6 is 11.3 Å². The summed E-state index contributed by atoms with van der Waals surface area (Å²) in [6.07, 6.45) is 1.40. The third-order valence-electron chi connectivity index (χ3n) is 5.76. The Kier molecular flexibility index (Phi) is 4.60. The number of aromatic amines is 1. The Morgan fingerprint density at radius 3 is 2.83 bits per heavy atom. The van der Waals surface area contributed by atoms with Crippen LogP contribution in [0.2, 0.25) is 0 Å². The smallest absolute Gasteiger partial charge is 0.329 e. The fraction of sp³-hybridized carbons (Fsp3) is 0.381. The van der Waals surface area contributed by atoms with Gasteiger partial charge < -0.3 is 9.64 Å². The van der Waals surface area contributed by atoms with E-state index in [2.05, 4.69) is 4.98 Å². The highest BCUT2D eigenvalue weighted by Crippen LogP contribution is 2.33. The molecule has 7 nitrogen and oxygen atoms in total. The molecule has 1 saturated heterocycles. The number of hydrogen-bond acceptors (Lipinski definition) is 5. The summed E-state index contributed by atoms with van der Waals surface area (Å²) in [6, 6.07) is 9.48. The van der Waals surface area contributed by atoms with E-state index in [9.17, 15) is 14.4 Å². The lowest BCUT2D eigenvalue weighted by molar-refractivity contribution is -0.136. The Hall–Kier alpha value is -2.71. The van der Waals surface area contributed by atoms with E-state index in [0.29, 0.717) is 42.9 Å². The number of nitrogens with one attached hydrogen (secondary N) is 1. The first-order chi connectivity index (χ1) is 14.1. The molecule has 5 rings (SSSR count). The molecule has 8 heteroatoms. The zero-order chi connectivity index (χ0) is 20.0. The molecular formula is C21H21N3O4S. The van der Waals surface area contributed by atoms with Crippen molar-refractivity contribution in [2.45, 2.75) is 25.9 Å². The van der Waals surface area contributed by atoms with Crippen molar-refractivity contribution in [3.8, 4) is 0 Å². The van der Waals surface area contributed by atoms with Crippen LogP contribution in [-0.4, -0.2) is 40.1 Å². The quantitative estimate of drug-likeness (QED) is 0.711. The van der Waals surface area contributed by atoms with E-state index in [0.717, 1.165) is 22.4 Å². The highest BCUT2D eigenvalue weighted by Gasteiger charge is 2.32. The topological polar surface area (TPSA) is 84.4 Å². The fourth-order valence-corrected chi connectivity index (χ4v) is 5.44. The van der Waals surface area contributed by atoms with Gasteiger partial charge in [-0.25, -0.2) is 4.79 Å². The highest BCUT2D eigenvalue weighted by atomic mass is 32.1. The van der Waals surface area contributed by atoms with E-state index in [4.69, 9.17) is 4.74 Å². The fourth-order valence-electron chi connectivity index (χ4n) is 4.19. The Balaban J connectivity index is 1.50. The number of carbonyl (C=O) groups excluding carboxylic acids is 1. The van der Waals surface area contributed by atoms with Crippen molar-refractivity contribution in [1.82, 2.24) is 14.5 Å². The molecule has 0 aliphatic carbocycles. The Morgan fingerprint density at radius 1 is 1.24 bits per heavy atom. The second-order valence-corrected chi connectivity index (χ2v) is 8.69. The lowest BCUT2D eigenvalue weighted by Gasteiger charge is -2.28. The zero-order valence-electron chi connectivity index (χ0n) is 15.8. The van der Waals surface area contributed by atoms with Crippen molar-refractivity contribution in [2.75, 3.05) is 19.8 Å². The van der Waals surface area contributed by atoms with Crippen LogP contribution in [0.15, 0.2) is 39.9 Å². The van der Waals surface area contributed by atoms with E-state index in [1.807, 2.05) is 35.2 Å². The van der Waals surface area contributed by atoms with Gasteiger partial charge in [0, 0.05) is 18.0 Å². The number of hydrogen-bond donors (Lipinski definition) is 1. The van der Waals surface area contributed by atoms with Crippen molar-refractivity contribution in [3.05, 3.63) is 67.2 Å². The van der Waals surface area contributed by atoms with Gasteiger partial charge >= 0.3 is 5.69 Å². The third-order valence-corrected chi connectivity index (χ3v) is 6.89. The summed E-state index contributed by atoms with van der Waals surface area (Å²) in [5, 5.41) is 0.594. The van der Waals surface area contributed by atoms with Crippen LogP contribution in [0.25, 0.3) is 10.2 Å². The molecule has 1 atom stereocenters. The first kappa shape index (κ1) is 18.3. The minimum Gasteiger partial charge on any atom is -0.381 e. The van der Waals surface area contributed by atoms with E-state index in [1.54, 1.807) is 0 Å². The first-order valence-electron chi connectivity index (χ1n) is 9.79. The van der Waals surface area contributed by atoms with Gasteiger partial charge in [0.05, 0.1) is 31.0 Å². The van der Waals surface area contributed by atoms with Crippen molar-refractivity contribution in [2.24, 2.45) is 5.92 Å². The molecule has 1 aromatic carbocycles. The second kappa shape index (κ2) is 7.27. The number of nitrogens with zero attached hydrogens (tertiary/aromatic N) is 2. The van der Waals surface area contributed by atoms with Crippen LogP contribution in [0, 0.1) is 5.92 Å². The van der Waals surface area contributed by atoms with E-state index in [-0.39, 0.29) is 23.9 Å². The van der Waals surface area contributed by atoms with Crippen LogP contribution in [0.1, 0.15) is 22.4 Å². The monoisotopic (exact) mass is 411 g/mol. The molecule has 0 saturated carbocycles. The van der Waals surface area contributed by atoms with Crippen molar-refractivity contribution < 1.29 is 9.53 Å². The van der Waals surface area contributed by atoms with E-state index >= 15 is 0 Å². The highest BCUT2D eigenvalue weighted by molar-refractivity contribution is 7.18. The molecule has 0 spiro atoms. The largest absolute Gasteiger partial charge is 0.381 e. The molecule has 1 fully saturated rings. The molecule has 0 radical (unpaired) electrons. The van der Waals surface area contributed by atoms with Gasteiger partial charge in [-0.1, -0.05) is 30.3 Å². The van der Waals surface area contributed by atoms with Crippen molar-refractivity contribution >= 4 is 27.5 Å². The predicted molar refractivity (Wildman–Crippen MR) is 110 cm³/mol. The van der Waals surface area contributed by atoms with Gasteiger partial charge in [0.25, 0.3) is 5.56 Å². The average molecular weight is 411 g/mol. The molecule has 2 aromatic heterocycles. The van der Waals surface area contributed by atoms with E-state index in [1.165, 1.54) is 15.9 Å². The maximum Gasteiger partial charge on any atom is 0.329 e. The number of rotatable bonds is 3. The maximum absolute atomic E-state index is 13.2. The lowest BCUT2D eigenvalue weighted by Crippen LogP contribution is -2.40. The number of carbonyl (C=O) groups is 1. The standard InChI is InChI=1S/C21H21N3O4S/c25-19(14-7-9-28-12-14)23-8-6-15-16(11-23)29-18-17(15)20(26)24(21(27)22-18)10-13-4-2-1-3-5-13/h1-5,14H,6-12H2,(H,22,27). The van der Waals surface area contributed by atoms with E-state index < -0.39 is 5.69 Å². The van der Waals surface area contributed by atoms with Gasteiger partial charge in [0.1, 0.15) is 4.83 Å². The number of H-pyrrole nitrogens is 1. The molecule has 1 amide bonds. The molecule has 3 aromatic rings. The van der Waals surface area contributed by atoms with Gasteiger partial charge in [-0.2, -0.15) is 0 Å². The van der Waals surface area contributed by atoms with Gasteiger partial charge in [-0.3, -0.25) is 19.1 Å². The number of ether oxygens (including phenoxy) is 1.